The number of amides is 3. The molecule has 0 aromatic heterocycles. The van der Waals surface area contributed by atoms with Crippen LogP contribution in [0.25, 0.3) is 0 Å². The van der Waals surface area contributed by atoms with Crippen LogP contribution < -0.4 is 38.9 Å². The third-order valence-electron chi connectivity index (χ3n) is 6.71. The first-order valence-electron chi connectivity index (χ1n) is 13.8. The van der Waals surface area contributed by atoms with Gasteiger partial charge in [0, 0.05) is 13.0 Å². The molecule has 0 bridgehead atoms. The van der Waals surface area contributed by atoms with Crippen molar-refractivity contribution in [3.8, 4) is 5.75 Å². The van der Waals surface area contributed by atoms with Gasteiger partial charge in [-0.2, -0.15) is 0 Å². The highest BCUT2D eigenvalue weighted by Crippen LogP contribution is 2.13. The number of nitrogens with two attached hydrogens (primary N) is 4. The first-order chi connectivity index (χ1) is 19.4. The zero-order valence-electron chi connectivity index (χ0n) is 23.8. The monoisotopic (exact) mass is 578 g/mol. The highest BCUT2D eigenvalue weighted by Gasteiger charge is 2.31. The summed E-state index contributed by atoms with van der Waals surface area (Å²) in [6, 6.07) is 1.73. The van der Waals surface area contributed by atoms with Crippen LogP contribution in [0, 0.1) is 5.92 Å². The second-order valence-corrected chi connectivity index (χ2v) is 10.0. The van der Waals surface area contributed by atoms with Crippen LogP contribution in [0.2, 0.25) is 0 Å². The molecule has 41 heavy (non-hydrogen) atoms. The van der Waals surface area contributed by atoms with E-state index >= 15 is 0 Å². The summed E-state index contributed by atoms with van der Waals surface area (Å²) in [6.45, 7) is 4.31. The van der Waals surface area contributed by atoms with Crippen LogP contribution in [-0.2, 0) is 25.6 Å². The Balaban J connectivity index is 3.19. The van der Waals surface area contributed by atoms with Gasteiger partial charge < -0.3 is 49.1 Å². The number of hydrogen-bond acceptors (Lipinski definition) is 8. The maximum atomic E-state index is 13.5. The van der Waals surface area contributed by atoms with Crippen molar-refractivity contribution < 1.29 is 29.4 Å². The number of rotatable bonds is 19. The van der Waals surface area contributed by atoms with Gasteiger partial charge in [0.1, 0.15) is 23.9 Å². The van der Waals surface area contributed by atoms with Crippen LogP contribution in [0.5, 0.6) is 5.75 Å². The van der Waals surface area contributed by atoms with E-state index in [2.05, 4.69) is 20.9 Å². The van der Waals surface area contributed by atoms with E-state index in [1.807, 2.05) is 13.8 Å². The minimum Gasteiger partial charge on any atom is -0.508 e. The summed E-state index contributed by atoms with van der Waals surface area (Å²) in [7, 11) is 0. The molecular weight excluding hydrogens is 532 g/mol. The molecule has 0 saturated carbocycles. The summed E-state index contributed by atoms with van der Waals surface area (Å²) in [5.74, 6) is -3.34. The number of carbonyl (C=O) groups is 4. The Bertz CT molecular complexity index is 1020. The Morgan fingerprint density at radius 3 is 2.00 bits per heavy atom. The van der Waals surface area contributed by atoms with Crippen LogP contribution in [0.3, 0.4) is 0 Å². The predicted molar refractivity (Wildman–Crippen MR) is 155 cm³/mol. The van der Waals surface area contributed by atoms with Crippen LogP contribution in [0.1, 0.15) is 57.9 Å². The van der Waals surface area contributed by atoms with Crippen molar-refractivity contribution in [1.29, 1.82) is 0 Å². The van der Waals surface area contributed by atoms with E-state index in [0.717, 1.165) is 0 Å². The van der Waals surface area contributed by atoms with Crippen molar-refractivity contribution in [3.05, 3.63) is 29.8 Å². The van der Waals surface area contributed by atoms with Gasteiger partial charge in [0.05, 0.1) is 6.04 Å². The van der Waals surface area contributed by atoms with Crippen LogP contribution in [-0.4, -0.2) is 77.1 Å². The molecule has 3 amide bonds. The maximum Gasteiger partial charge on any atom is 0.326 e. The number of aliphatic carboxylic acids is 1. The highest BCUT2D eigenvalue weighted by molar-refractivity contribution is 5.94. The topological polar surface area (TPSA) is 261 Å². The number of hydrogen-bond donors (Lipinski definition) is 9. The number of carboxylic acids is 1. The van der Waals surface area contributed by atoms with Gasteiger partial charge >= 0.3 is 5.97 Å². The molecule has 1 aromatic carbocycles. The molecule has 1 rings (SSSR count). The van der Waals surface area contributed by atoms with Crippen molar-refractivity contribution >= 4 is 29.7 Å². The average molecular weight is 579 g/mol. The summed E-state index contributed by atoms with van der Waals surface area (Å²) < 4.78 is 0. The largest absolute Gasteiger partial charge is 0.508 e. The summed E-state index contributed by atoms with van der Waals surface area (Å²) in [4.78, 5) is 55.3. The van der Waals surface area contributed by atoms with Crippen LogP contribution >= 0.6 is 0 Å². The molecule has 0 aliphatic carbocycles. The molecule has 5 unspecified atom stereocenters. The van der Waals surface area contributed by atoms with Crippen molar-refractivity contribution in [2.75, 3.05) is 13.1 Å². The fourth-order valence-electron chi connectivity index (χ4n) is 3.92. The van der Waals surface area contributed by atoms with Gasteiger partial charge in [0.2, 0.25) is 17.7 Å². The second kappa shape index (κ2) is 18.4. The zero-order valence-corrected chi connectivity index (χ0v) is 23.8. The summed E-state index contributed by atoms with van der Waals surface area (Å²) in [6.07, 6.45) is 2.37. The Hall–Kier alpha value is -3.91. The number of phenolic OH excluding ortho intramolecular Hbond substituents is 1. The van der Waals surface area contributed by atoms with Gasteiger partial charge in [0.25, 0.3) is 0 Å². The van der Waals surface area contributed by atoms with E-state index < -0.39 is 47.9 Å². The minimum absolute atomic E-state index is 0.00591. The molecule has 0 aliphatic heterocycles. The molecule has 5 atom stereocenters. The lowest BCUT2D eigenvalue weighted by Gasteiger charge is -2.26. The third kappa shape index (κ3) is 13.3. The lowest BCUT2D eigenvalue weighted by Crippen LogP contribution is -2.58. The molecule has 0 spiro atoms. The van der Waals surface area contributed by atoms with E-state index in [4.69, 9.17) is 22.9 Å². The number of carboxylic acid groups (broad SMARTS) is 1. The number of aromatic hydroxyl groups is 1. The molecule has 0 aliphatic rings. The fraction of sp³-hybridized carbons (Fsp3) is 0.593. The lowest BCUT2D eigenvalue weighted by molar-refractivity contribution is -0.142. The Kier molecular flexibility index (Phi) is 15.8. The molecule has 0 saturated heterocycles. The van der Waals surface area contributed by atoms with Crippen molar-refractivity contribution in [3.63, 3.8) is 0 Å². The lowest BCUT2D eigenvalue weighted by atomic mass is 9.98. The van der Waals surface area contributed by atoms with Gasteiger partial charge in [-0.3, -0.25) is 19.4 Å². The maximum absolute atomic E-state index is 13.5. The zero-order chi connectivity index (χ0) is 30.9. The number of carbonyl (C=O) groups excluding carboxylic acids is 3. The molecule has 1 aromatic rings. The van der Waals surface area contributed by atoms with E-state index in [1.165, 1.54) is 12.1 Å². The molecule has 230 valence electrons. The number of phenols is 1. The predicted octanol–water partition coefficient (Wildman–Crippen LogP) is -0.970. The number of aliphatic imine (C=N–C) groups is 1. The summed E-state index contributed by atoms with van der Waals surface area (Å²) >= 11 is 0. The second-order valence-electron chi connectivity index (χ2n) is 10.0. The summed E-state index contributed by atoms with van der Waals surface area (Å²) in [5.41, 5.74) is 22.9. The van der Waals surface area contributed by atoms with Gasteiger partial charge in [-0.25, -0.2) is 4.79 Å². The molecule has 0 heterocycles. The Labute approximate surface area is 240 Å². The van der Waals surface area contributed by atoms with E-state index in [9.17, 15) is 29.4 Å². The minimum atomic E-state index is -1.21. The van der Waals surface area contributed by atoms with Crippen molar-refractivity contribution in [1.82, 2.24) is 16.0 Å². The van der Waals surface area contributed by atoms with Gasteiger partial charge in [-0.15, -0.1) is 0 Å². The van der Waals surface area contributed by atoms with E-state index in [0.29, 0.717) is 37.8 Å². The van der Waals surface area contributed by atoms with Gasteiger partial charge in [-0.1, -0.05) is 32.4 Å². The van der Waals surface area contributed by atoms with E-state index in [1.54, 1.807) is 12.1 Å². The normalized spacial score (nSPS) is 14.5. The number of nitrogens with one attached hydrogen (secondary N) is 3. The average Bonchev–Trinajstić information content (AvgIpc) is 2.93. The SMILES string of the molecule is CCC(C)C(N)C(=O)NC(CCCN=C(N)N)C(=O)NC(Cc1ccc(O)cc1)C(=O)NC(CCCCN)C(=O)O. The Morgan fingerprint density at radius 1 is 0.878 bits per heavy atom. The third-order valence-corrected chi connectivity index (χ3v) is 6.71. The summed E-state index contributed by atoms with van der Waals surface area (Å²) in [5, 5.41) is 27.1. The molecular formula is C27H46N8O6. The fourth-order valence-corrected chi connectivity index (χ4v) is 3.92. The Morgan fingerprint density at radius 2 is 1.44 bits per heavy atom. The first-order valence-corrected chi connectivity index (χ1v) is 13.8. The molecule has 14 nitrogen and oxygen atoms in total. The molecule has 0 fully saturated rings. The smallest absolute Gasteiger partial charge is 0.326 e. The quantitative estimate of drug-likeness (QED) is 0.0551. The number of unbranched alkanes of at least 4 members (excludes halogenated alkanes) is 1. The molecule has 13 N–H and O–H groups in total. The molecule has 0 radical (unpaired) electrons. The van der Waals surface area contributed by atoms with Crippen molar-refractivity contribution in [2.24, 2.45) is 33.8 Å². The highest BCUT2D eigenvalue weighted by atomic mass is 16.4. The van der Waals surface area contributed by atoms with Gasteiger partial charge in [-0.05, 0) is 62.3 Å². The van der Waals surface area contributed by atoms with Crippen molar-refractivity contribution in [2.45, 2.75) is 83.0 Å². The van der Waals surface area contributed by atoms with Crippen LogP contribution in [0.15, 0.2) is 29.3 Å². The number of benzene rings is 1. The number of guanidine groups is 1. The van der Waals surface area contributed by atoms with Gasteiger partial charge in [0.15, 0.2) is 5.96 Å². The standard InChI is InChI=1S/C27H46N8O6/c1-3-16(2)22(29)25(39)33-19(8-6-14-32-27(30)31)23(37)35-21(15-17-9-11-18(36)12-10-17)24(38)34-20(26(40)41)7-4-5-13-28/h9-12,16,19-22,36H,3-8,13-15,28-29H2,1-2H3,(H,33,39)(H,34,38)(H,35,37)(H,40,41)(H4,30,31,32). The van der Waals surface area contributed by atoms with E-state index in [-0.39, 0.29) is 43.4 Å². The van der Waals surface area contributed by atoms with Crippen LogP contribution in [0.4, 0.5) is 0 Å². The molecule has 14 heteroatoms. The first kappa shape index (κ1) is 35.1. The number of nitrogens with zero attached hydrogens (tertiary/aromatic N) is 1.